The molecule has 0 aromatic carbocycles. The molecule has 3 atom stereocenters. The van der Waals surface area contributed by atoms with Gasteiger partial charge in [0.25, 0.3) is 0 Å². The molecule has 2 fully saturated rings. The van der Waals surface area contributed by atoms with Crippen molar-refractivity contribution >= 4 is 33.1 Å². The van der Waals surface area contributed by atoms with Gasteiger partial charge in [-0.05, 0) is 36.4 Å². The number of fused-ring (bicyclic) bond motifs is 1. The molecular weight excluding hydrogens is 510 g/mol. The fourth-order valence-electron chi connectivity index (χ4n) is 5.42. The monoisotopic (exact) mass is 549 g/mol. The number of carbonyl (C=O) groups is 4. The maximum Gasteiger partial charge on any atom is 0.429 e. The first-order valence-corrected chi connectivity index (χ1v) is 15.6. The van der Waals surface area contributed by atoms with E-state index in [0.29, 0.717) is 18.6 Å². The molecule has 38 heavy (non-hydrogen) atoms. The molecule has 0 aliphatic carbocycles. The highest BCUT2D eigenvalue weighted by molar-refractivity contribution is 6.48. The summed E-state index contributed by atoms with van der Waals surface area (Å²) in [6.07, 6.45) is 1.60. The van der Waals surface area contributed by atoms with Crippen molar-refractivity contribution in [3.05, 3.63) is 36.6 Å². The van der Waals surface area contributed by atoms with E-state index in [1.807, 2.05) is 0 Å². The van der Waals surface area contributed by atoms with Gasteiger partial charge in [0, 0.05) is 12.5 Å². The molecule has 0 radical (unpaired) electrons. The number of ether oxygens (including phenoxy) is 2. The van der Waals surface area contributed by atoms with Crippen LogP contribution in [-0.2, 0) is 23.5 Å². The number of aliphatic carboxylic acids is 1. The second-order valence-electron chi connectivity index (χ2n) is 11.1. The Morgan fingerprint density at radius 3 is 2.03 bits per heavy atom. The van der Waals surface area contributed by atoms with E-state index >= 15 is 0 Å². The topological polar surface area (TPSA) is 126 Å². The Balaban J connectivity index is 1.89. The van der Waals surface area contributed by atoms with Crippen molar-refractivity contribution in [2.45, 2.75) is 46.3 Å². The first kappa shape index (κ1) is 29.4. The smallest absolute Gasteiger partial charge is 0.429 e. The molecule has 0 aromatic rings. The fraction of sp³-hybridized carbons (Fsp3) is 0.615. The average Bonchev–Trinajstić information content (AvgIpc) is 3.43. The van der Waals surface area contributed by atoms with Crippen molar-refractivity contribution < 1.29 is 38.2 Å². The van der Waals surface area contributed by atoms with Gasteiger partial charge in [-0.1, -0.05) is 46.1 Å². The van der Waals surface area contributed by atoms with Crippen LogP contribution in [-0.4, -0.2) is 92.1 Å². The van der Waals surface area contributed by atoms with Crippen LogP contribution in [0, 0.1) is 23.2 Å². The third kappa shape index (κ3) is 5.80. The summed E-state index contributed by atoms with van der Waals surface area (Å²) in [6.45, 7) is 17.7. The Morgan fingerprint density at radius 2 is 1.61 bits per heavy atom. The minimum atomic E-state index is -1.33. The molecule has 3 aliphatic rings. The highest BCUT2D eigenvalue weighted by Crippen LogP contribution is 2.51. The van der Waals surface area contributed by atoms with E-state index in [1.54, 1.807) is 0 Å². The minimum Gasteiger partial charge on any atom is -0.477 e. The van der Waals surface area contributed by atoms with Gasteiger partial charge in [0.15, 0.2) is 9.04 Å². The minimum absolute atomic E-state index is 0.00938. The number of amides is 3. The van der Waals surface area contributed by atoms with Crippen molar-refractivity contribution in [3.63, 3.8) is 0 Å². The second kappa shape index (κ2) is 11.7. The van der Waals surface area contributed by atoms with E-state index in [4.69, 9.17) is 13.9 Å². The molecule has 0 saturated carbocycles. The van der Waals surface area contributed by atoms with Crippen LogP contribution in [0.15, 0.2) is 36.6 Å². The van der Waals surface area contributed by atoms with Crippen LogP contribution in [0.2, 0.25) is 13.1 Å². The summed E-state index contributed by atoms with van der Waals surface area (Å²) in [4.78, 5) is 52.7. The normalized spacial score (nSPS) is 22.4. The number of carboxylic acids is 1. The summed E-state index contributed by atoms with van der Waals surface area (Å²) in [5, 5.41) is 12.3. The lowest BCUT2D eigenvalue weighted by Crippen LogP contribution is -2.63. The lowest BCUT2D eigenvalue weighted by molar-refractivity contribution is -0.162. The molecule has 2 saturated heterocycles. The molecule has 1 N–H and O–H groups in total. The van der Waals surface area contributed by atoms with Crippen molar-refractivity contribution in [1.29, 1.82) is 0 Å². The number of nitrogens with zero attached hydrogens (tertiary/aromatic N) is 3. The van der Waals surface area contributed by atoms with Crippen LogP contribution in [0.1, 0.15) is 27.2 Å². The first-order valence-electron chi connectivity index (χ1n) is 12.8. The van der Waals surface area contributed by atoms with Crippen LogP contribution >= 0.6 is 0 Å². The first-order chi connectivity index (χ1) is 17.8. The number of carboxylic acid groups (broad SMARTS) is 1. The third-order valence-electron chi connectivity index (χ3n) is 7.24. The maximum absolute atomic E-state index is 13.4. The molecule has 3 aliphatic heterocycles. The molecule has 11 nitrogen and oxygen atoms in total. The summed E-state index contributed by atoms with van der Waals surface area (Å²) < 4.78 is 16.3. The van der Waals surface area contributed by atoms with E-state index in [0.717, 1.165) is 10.0 Å². The molecule has 0 bridgehead atoms. The van der Waals surface area contributed by atoms with Crippen LogP contribution < -0.4 is 0 Å². The predicted octanol–water partition coefficient (Wildman–Crippen LogP) is 3.01. The van der Waals surface area contributed by atoms with Crippen LogP contribution in [0.3, 0.4) is 0 Å². The van der Waals surface area contributed by atoms with Gasteiger partial charge < -0.3 is 23.9 Å². The predicted molar refractivity (Wildman–Crippen MR) is 141 cm³/mol. The van der Waals surface area contributed by atoms with Gasteiger partial charge in [-0.15, -0.1) is 0 Å². The number of hydrogen-bond acceptors (Lipinski definition) is 7. The van der Waals surface area contributed by atoms with E-state index in [9.17, 15) is 24.3 Å². The Hall–Kier alpha value is -3.12. The van der Waals surface area contributed by atoms with Crippen molar-refractivity contribution in [1.82, 2.24) is 14.9 Å². The number of hydrazine groups is 1. The molecule has 3 heterocycles. The Bertz CT molecular complexity index is 988. The summed E-state index contributed by atoms with van der Waals surface area (Å²) >= 11 is 0. The highest BCUT2D eigenvalue weighted by atomic mass is 28.3. The van der Waals surface area contributed by atoms with Gasteiger partial charge >= 0.3 is 18.2 Å². The standard InChI is InChI=1S/C26H39N3O8Si/c1-8-10-35-24(33)27-13-16(14-28(27)25(34)36-11-9-2)17-12-19-20(22(30)29(19)21(17)23(31)32)18(26(3,4)5)15-37-38(6)7/h8-9,16,18-20,38H,1-2,10-15H2,3-7H3,(H,31,32)/t18-,19-,20+/m1/s1. The molecule has 3 amide bonds. The summed E-state index contributed by atoms with van der Waals surface area (Å²) in [7, 11) is -1.33. The van der Waals surface area contributed by atoms with E-state index in [2.05, 4.69) is 47.0 Å². The number of β-lactam (4-membered cyclic amide) rings is 1. The second-order valence-corrected chi connectivity index (χ2v) is 13.6. The fourth-order valence-corrected chi connectivity index (χ4v) is 6.01. The van der Waals surface area contributed by atoms with Crippen molar-refractivity contribution in [3.8, 4) is 0 Å². The van der Waals surface area contributed by atoms with E-state index in [-0.39, 0.29) is 61.2 Å². The summed E-state index contributed by atoms with van der Waals surface area (Å²) in [5.74, 6) is -2.40. The Labute approximate surface area is 225 Å². The van der Waals surface area contributed by atoms with E-state index in [1.165, 1.54) is 17.1 Å². The Morgan fingerprint density at radius 1 is 1.08 bits per heavy atom. The molecule has 12 heteroatoms. The van der Waals surface area contributed by atoms with E-state index < -0.39 is 33.1 Å². The largest absolute Gasteiger partial charge is 0.477 e. The number of hydrogen-bond donors (Lipinski definition) is 1. The van der Waals surface area contributed by atoms with Crippen molar-refractivity contribution in [2.24, 2.45) is 23.2 Å². The third-order valence-corrected chi connectivity index (χ3v) is 8.10. The molecule has 3 rings (SSSR count). The van der Waals surface area contributed by atoms with Crippen LogP contribution in [0.5, 0.6) is 0 Å². The zero-order chi connectivity index (χ0) is 28.4. The molecule has 0 aromatic heterocycles. The molecular formula is C26H39N3O8Si. The van der Waals surface area contributed by atoms with Gasteiger partial charge in [-0.3, -0.25) is 4.79 Å². The molecule has 0 unspecified atom stereocenters. The SMILES string of the molecule is C=CCOC(=O)N1CC(C2=C(C(=O)O)N3C(=O)[C@@H]([C@@H](CO[SiH](C)C)C(C)(C)C)[C@H]3C2)CN1C(=O)OCC=C. The van der Waals surface area contributed by atoms with Gasteiger partial charge in [-0.2, -0.15) is 0 Å². The van der Waals surface area contributed by atoms with Crippen LogP contribution in [0.4, 0.5) is 9.59 Å². The zero-order valence-corrected chi connectivity index (χ0v) is 24.0. The molecule has 210 valence electrons. The molecule has 0 spiro atoms. The van der Waals surface area contributed by atoms with Crippen molar-refractivity contribution in [2.75, 3.05) is 32.9 Å². The average molecular weight is 550 g/mol. The number of rotatable bonds is 10. The van der Waals surface area contributed by atoms with Gasteiger partial charge in [0.2, 0.25) is 5.91 Å². The Kier molecular flexibility index (Phi) is 9.08. The lowest BCUT2D eigenvalue weighted by Gasteiger charge is -2.50. The van der Waals surface area contributed by atoms with Crippen LogP contribution in [0.25, 0.3) is 0 Å². The van der Waals surface area contributed by atoms with Gasteiger partial charge in [-0.25, -0.2) is 24.4 Å². The maximum atomic E-state index is 13.4. The number of carbonyl (C=O) groups excluding carboxylic acids is 3. The summed E-state index contributed by atoms with van der Waals surface area (Å²) in [6, 6.07) is -0.312. The highest BCUT2D eigenvalue weighted by Gasteiger charge is 2.60. The quantitative estimate of drug-likeness (QED) is 0.250. The lowest BCUT2D eigenvalue weighted by atomic mass is 9.66. The van der Waals surface area contributed by atoms with Gasteiger partial charge in [0.05, 0.1) is 25.0 Å². The summed E-state index contributed by atoms with van der Waals surface area (Å²) in [5.41, 5.74) is 0.242. The zero-order valence-electron chi connectivity index (χ0n) is 22.8. The van der Waals surface area contributed by atoms with Gasteiger partial charge in [0.1, 0.15) is 18.9 Å².